The highest BCUT2D eigenvalue weighted by atomic mass is 19.2. The molecule has 1 atom stereocenters. The van der Waals surface area contributed by atoms with Crippen LogP contribution in [0.5, 0.6) is 0 Å². The second-order valence-corrected chi connectivity index (χ2v) is 4.88. The zero-order valence-electron chi connectivity index (χ0n) is 10.7. The second-order valence-electron chi connectivity index (χ2n) is 4.88. The molecule has 0 radical (unpaired) electrons. The van der Waals surface area contributed by atoms with Crippen LogP contribution in [0, 0.1) is 11.6 Å². The molecule has 1 aliphatic rings. The molecule has 0 heterocycles. The van der Waals surface area contributed by atoms with Crippen LogP contribution in [-0.4, -0.2) is 30.5 Å². The third-order valence-electron chi connectivity index (χ3n) is 3.31. The Hall–Kier alpha value is -1.20. The van der Waals surface area contributed by atoms with Gasteiger partial charge in [0.25, 0.3) is 0 Å². The minimum Gasteiger partial charge on any atom is -0.389 e. The molecule has 0 spiro atoms. The lowest BCUT2D eigenvalue weighted by Crippen LogP contribution is -2.27. The smallest absolute Gasteiger partial charge is 0.181 e. The van der Waals surface area contributed by atoms with Crippen LogP contribution in [0.3, 0.4) is 0 Å². The van der Waals surface area contributed by atoms with Crippen LogP contribution < -0.4 is 5.32 Å². The summed E-state index contributed by atoms with van der Waals surface area (Å²) in [6.45, 7) is 0.349. The average molecular weight is 271 g/mol. The van der Waals surface area contributed by atoms with Crippen molar-refractivity contribution in [3.05, 3.63) is 29.8 Å². The van der Waals surface area contributed by atoms with Gasteiger partial charge in [0, 0.05) is 6.54 Å². The molecule has 2 N–H and O–H groups in total. The van der Waals surface area contributed by atoms with Crippen LogP contribution in [0.25, 0.3) is 0 Å². The van der Waals surface area contributed by atoms with E-state index in [1.807, 2.05) is 0 Å². The highest BCUT2D eigenvalue weighted by Crippen LogP contribution is 2.21. The maximum Gasteiger partial charge on any atom is 0.181 e. The summed E-state index contributed by atoms with van der Waals surface area (Å²) in [5, 5.41) is 12.4. The van der Waals surface area contributed by atoms with Crippen LogP contribution in [0.4, 0.5) is 14.5 Å². The molecule has 0 aliphatic heterocycles. The molecule has 3 nitrogen and oxygen atoms in total. The van der Waals surface area contributed by atoms with Crippen molar-refractivity contribution < 1.29 is 18.6 Å². The molecule has 1 saturated carbocycles. The molecular formula is C14H19F2NO2. The van der Waals surface area contributed by atoms with Gasteiger partial charge in [0.05, 0.1) is 24.5 Å². The summed E-state index contributed by atoms with van der Waals surface area (Å²) >= 11 is 0. The summed E-state index contributed by atoms with van der Waals surface area (Å²) in [5.41, 5.74) is 0.0555. The third kappa shape index (κ3) is 4.14. The van der Waals surface area contributed by atoms with E-state index in [-0.39, 0.29) is 24.9 Å². The minimum absolute atomic E-state index is 0.0555. The number of hydrogen-bond donors (Lipinski definition) is 2. The SMILES string of the molecule is OC(CNc1cccc(F)c1F)COC1CCCC1. The number of hydrogen-bond acceptors (Lipinski definition) is 3. The normalized spacial score (nSPS) is 17.6. The Morgan fingerprint density at radius 1 is 1.32 bits per heavy atom. The van der Waals surface area contributed by atoms with E-state index in [0.717, 1.165) is 18.9 Å². The maximum absolute atomic E-state index is 13.3. The van der Waals surface area contributed by atoms with Gasteiger partial charge in [0.15, 0.2) is 11.6 Å². The van der Waals surface area contributed by atoms with Gasteiger partial charge in [0.1, 0.15) is 0 Å². The van der Waals surface area contributed by atoms with E-state index in [1.165, 1.54) is 25.0 Å². The molecule has 1 aliphatic carbocycles. The zero-order valence-corrected chi connectivity index (χ0v) is 10.7. The standard InChI is InChI=1S/C14H19F2NO2/c15-12-6-3-7-13(14(12)16)17-8-10(18)9-19-11-4-1-2-5-11/h3,6-7,10-11,17-18H,1-2,4-5,8-9H2. The van der Waals surface area contributed by atoms with E-state index in [1.54, 1.807) is 0 Å². The number of ether oxygens (including phenoxy) is 1. The maximum atomic E-state index is 13.3. The van der Waals surface area contributed by atoms with Gasteiger partial charge < -0.3 is 15.2 Å². The topological polar surface area (TPSA) is 41.5 Å². The Labute approximate surface area is 111 Å². The van der Waals surface area contributed by atoms with Crippen molar-refractivity contribution in [1.29, 1.82) is 0 Å². The number of aliphatic hydroxyl groups is 1. The largest absolute Gasteiger partial charge is 0.389 e. The summed E-state index contributed by atoms with van der Waals surface area (Å²) < 4.78 is 31.8. The summed E-state index contributed by atoms with van der Waals surface area (Å²) in [6.07, 6.45) is 3.93. The van der Waals surface area contributed by atoms with E-state index in [4.69, 9.17) is 4.74 Å². The Balaban J connectivity index is 1.73. The molecule has 19 heavy (non-hydrogen) atoms. The Morgan fingerprint density at radius 3 is 2.79 bits per heavy atom. The van der Waals surface area contributed by atoms with Crippen LogP contribution >= 0.6 is 0 Å². The van der Waals surface area contributed by atoms with Crippen molar-refractivity contribution in [1.82, 2.24) is 0 Å². The molecule has 1 fully saturated rings. The third-order valence-corrected chi connectivity index (χ3v) is 3.31. The predicted molar refractivity (Wildman–Crippen MR) is 69.1 cm³/mol. The highest BCUT2D eigenvalue weighted by molar-refractivity contribution is 5.44. The Morgan fingerprint density at radius 2 is 2.05 bits per heavy atom. The van der Waals surface area contributed by atoms with Crippen molar-refractivity contribution in [2.45, 2.75) is 37.9 Å². The summed E-state index contributed by atoms with van der Waals surface area (Å²) in [7, 11) is 0. The van der Waals surface area contributed by atoms with E-state index in [9.17, 15) is 13.9 Å². The van der Waals surface area contributed by atoms with Gasteiger partial charge in [0.2, 0.25) is 0 Å². The van der Waals surface area contributed by atoms with Gasteiger partial charge >= 0.3 is 0 Å². The lowest BCUT2D eigenvalue weighted by molar-refractivity contribution is -0.00119. The van der Waals surface area contributed by atoms with Crippen LogP contribution in [0.2, 0.25) is 0 Å². The van der Waals surface area contributed by atoms with Crippen molar-refractivity contribution >= 4 is 5.69 Å². The lowest BCUT2D eigenvalue weighted by Gasteiger charge is -2.16. The summed E-state index contributed by atoms with van der Waals surface area (Å²) in [5.74, 6) is -1.83. The first-order valence-corrected chi connectivity index (χ1v) is 6.64. The molecule has 0 amide bonds. The van der Waals surface area contributed by atoms with Gasteiger partial charge in [-0.3, -0.25) is 0 Å². The first-order chi connectivity index (χ1) is 9.16. The van der Waals surface area contributed by atoms with Gasteiger partial charge in [-0.2, -0.15) is 0 Å². The van der Waals surface area contributed by atoms with Crippen molar-refractivity contribution in [2.75, 3.05) is 18.5 Å². The van der Waals surface area contributed by atoms with Gasteiger partial charge in [-0.05, 0) is 25.0 Å². The van der Waals surface area contributed by atoms with Crippen LogP contribution in [0.15, 0.2) is 18.2 Å². The number of halogens is 2. The van der Waals surface area contributed by atoms with Gasteiger partial charge in [-0.15, -0.1) is 0 Å². The molecule has 1 unspecified atom stereocenters. The van der Waals surface area contributed by atoms with E-state index < -0.39 is 17.7 Å². The van der Waals surface area contributed by atoms with Crippen molar-refractivity contribution in [3.63, 3.8) is 0 Å². The first kappa shape index (κ1) is 14.2. The molecule has 1 aromatic rings. The quantitative estimate of drug-likeness (QED) is 0.836. The zero-order chi connectivity index (χ0) is 13.7. The van der Waals surface area contributed by atoms with Crippen molar-refractivity contribution in [2.24, 2.45) is 0 Å². The van der Waals surface area contributed by atoms with E-state index >= 15 is 0 Å². The van der Waals surface area contributed by atoms with Gasteiger partial charge in [-0.1, -0.05) is 18.9 Å². The van der Waals surface area contributed by atoms with Crippen molar-refractivity contribution in [3.8, 4) is 0 Å². The van der Waals surface area contributed by atoms with Gasteiger partial charge in [-0.25, -0.2) is 8.78 Å². The molecular weight excluding hydrogens is 252 g/mol. The molecule has 106 valence electrons. The van der Waals surface area contributed by atoms with E-state index in [0.29, 0.717) is 0 Å². The second kappa shape index (κ2) is 6.82. The predicted octanol–water partition coefficient (Wildman–Crippen LogP) is 2.70. The van der Waals surface area contributed by atoms with Crippen LogP contribution in [-0.2, 0) is 4.74 Å². The summed E-state index contributed by atoms with van der Waals surface area (Å²) in [6, 6.07) is 3.91. The lowest BCUT2D eigenvalue weighted by atomic mass is 10.2. The number of nitrogens with one attached hydrogen (secondary N) is 1. The fraction of sp³-hybridized carbons (Fsp3) is 0.571. The first-order valence-electron chi connectivity index (χ1n) is 6.64. The van der Waals surface area contributed by atoms with E-state index in [2.05, 4.69) is 5.32 Å². The summed E-state index contributed by atoms with van der Waals surface area (Å²) in [4.78, 5) is 0. The highest BCUT2D eigenvalue weighted by Gasteiger charge is 2.17. The molecule has 1 aromatic carbocycles. The number of aliphatic hydroxyl groups excluding tert-OH is 1. The van der Waals surface area contributed by atoms with Crippen LogP contribution in [0.1, 0.15) is 25.7 Å². The fourth-order valence-electron chi connectivity index (χ4n) is 2.23. The molecule has 5 heteroatoms. The molecule has 2 rings (SSSR count). The molecule has 0 saturated heterocycles. The number of anilines is 1. The Kier molecular flexibility index (Phi) is 5.10. The average Bonchev–Trinajstić information content (AvgIpc) is 2.91. The number of rotatable bonds is 6. The monoisotopic (exact) mass is 271 g/mol. The molecule has 0 bridgehead atoms. The minimum atomic E-state index is -0.925. The number of benzene rings is 1. The fourth-order valence-corrected chi connectivity index (χ4v) is 2.23. The Bertz CT molecular complexity index is 408. The molecule has 0 aromatic heterocycles.